The largest absolute Gasteiger partial charge is 0.377 e. The Bertz CT molecular complexity index is 668. The Balaban J connectivity index is 2.06. The molecule has 0 aliphatic carbocycles. The second-order valence-corrected chi connectivity index (χ2v) is 6.09. The summed E-state index contributed by atoms with van der Waals surface area (Å²) in [5, 5.41) is 0. The highest BCUT2D eigenvalue weighted by Crippen LogP contribution is 2.34. The van der Waals surface area contributed by atoms with Crippen LogP contribution < -0.4 is 5.69 Å². The molecule has 1 fully saturated rings. The highest BCUT2D eigenvalue weighted by Gasteiger charge is 2.25. The summed E-state index contributed by atoms with van der Waals surface area (Å²) >= 11 is 3.73. The van der Waals surface area contributed by atoms with Crippen molar-refractivity contribution in [1.29, 1.82) is 0 Å². The molecule has 3 rings (SSSR count). The predicted octanol–water partition coefficient (Wildman–Crippen LogP) is 2.49. The molecule has 0 spiro atoms. The van der Waals surface area contributed by atoms with E-state index in [9.17, 15) is 4.79 Å². The van der Waals surface area contributed by atoms with Crippen molar-refractivity contribution >= 4 is 27.0 Å². The van der Waals surface area contributed by atoms with E-state index in [0.29, 0.717) is 0 Å². The molecule has 1 aliphatic heterocycles. The minimum atomic E-state index is 0.00962. The number of benzene rings is 1. The smallest absolute Gasteiger partial charge is 0.328 e. The molecular weight excluding hydrogens is 308 g/mol. The second kappa shape index (κ2) is 4.80. The van der Waals surface area contributed by atoms with Crippen LogP contribution in [0.1, 0.15) is 23.2 Å². The van der Waals surface area contributed by atoms with Crippen LogP contribution in [-0.4, -0.2) is 21.8 Å². The quantitative estimate of drug-likeness (QED) is 0.796. The molecule has 0 N–H and O–H groups in total. The predicted molar refractivity (Wildman–Crippen MR) is 78.8 cm³/mol. The van der Waals surface area contributed by atoms with Crippen LogP contribution in [0.15, 0.2) is 23.0 Å². The first-order valence-electron chi connectivity index (χ1n) is 6.50. The number of hydrogen-bond acceptors (Lipinski definition) is 2. The number of ether oxygens (including phenoxy) is 1. The fourth-order valence-electron chi connectivity index (χ4n) is 2.74. The van der Waals surface area contributed by atoms with Crippen molar-refractivity contribution in [3.8, 4) is 0 Å². The molecule has 0 amide bonds. The summed E-state index contributed by atoms with van der Waals surface area (Å²) in [5.41, 5.74) is 3.10. The first kappa shape index (κ1) is 12.9. The van der Waals surface area contributed by atoms with Gasteiger partial charge in [-0.1, -0.05) is 22.0 Å². The van der Waals surface area contributed by atoms with E-state index in [1.807, 2.05) is 13.1 Å². The highest BCUT2D eigenvalue weighted by molar-refractivity contribution is 9.09. The molecule has 1 aromatic carbocycles. The van der Waals surface area contributed by atoms with Gasteiger partial charge in [-0.3, -0.25) is 9.13 Å². The van der Waals surface area contributed by atoms with Crippen LogP contribution in [-0.2, 0) is 18.8 Å². The SMILES string of the molecule is Cn1c(=O)n(C)c2cc(C(Br)C3CCCO3)ccc21. The maximum atomic E-state index is 11.9. The zero-order valence-electron chi connectivity index (χ0n) is 11.1. The van der Waals surface area contributed by atoms with Crippen molar-refractivity contribution < 1.29 is 4.74 Å². The van der Waals surface area contributed by atoms with E-state index in [1.165, 1.54) is 5.56 Å². The molecule has 0 saturated carbocycles. The van der Waals surface area contributed by atoms with E-state index >= 15 is 0 Å². The van der Waals surface area contributed by atoms with Crippen LogP contribution in [0.2, 0.25) is 0 Å². The molecular formula is C14H17BrN2O2. The van der Waals surface area contributed by atoms with Crippen molar-refractivity contribution in [2.24, 2.45) is 14.1 Å². The lowest BCUT2D eigenvalue weighted by Gasteiger charge is -2.17. The molecule has 1 saturated heterocycles. The van der Waals surface area contributed by atoms with Crippen molar-refractivity contribution in [3.05, 3.63) is 34.2 Å². The lowest BCUT2D eigenvalue weighted by molar-refractivity contribution is 0.110. The lowest BCUT2D eigenvalue weighted by Crippen LogP contribution is -2.19. The molecule has 0 bridgehead atoms. The average Bonchev–Trinajstić information content (AvgIpc) is 3.03. The molecule has 4 nitrogen and oxygen atoms in total. The number of fused-ring (bicyclic) bond motifs is 1. The Kier molecular flexibility index (Phi) is 3.27. The van der Waals surface area contributed by atoms with Crippen LogP contribution in [0.4, 0.5) is 0 Å². The number of rotatable bonds is 2. The Labute approximate surface area is 120 Å². The van der Waals surface area contributed by atoms with Gasteiger partial charge >= 0.3 is 5.69 Å². The van der Waals surface area contributed by atoms with E-state index in [0.717, 1.165) is 30.5 Å². The van der Waals surface area contributed by atoms with Crippen LogP contribution in [0.3, 0.4) is 0 Å². The highest BCUT2D eigenvalue weighted by atomic mass is 79.9. The lowest BCUT2D eigenvalue weighted by atomic mass is 10.0. The third-order valence-corrected chi connectivity index (χ3v) is 5.02. The standard InChI is InChI=1S/C14H17BrN2O2/c1-16-10-6-5-9(8-11(10)17(2)14(16)18)13(15)12-4-3-7-19-12/h5-6,8,12-13H,3-4,7H2,1-2H3. The number of hydrogen-bond donors (Lipinski definition) is 0. The molecule has 1 aromatic heterocycles. The first-order chi connectivity index (χ1) is 9.09. The minimum absolute atomic E-state index is 0.00962. The van der Waals surface area contributed by atoms with Gasteiger partial charge in [0.1, 0.15) is 0 Å². The number of aryl methyl sites for hydroxylation is 2. The topological polar surface area (TPSA) is 36.2 Å². The normalized spacial score (nSPS) is 21.1. The van der Waals surface area contributed by atoms with E-state index < -0.39 is 0 Å². The molecule has 2 atom stereocenters. The maximum Gasteiger partial charge on any atom is 0.328 e. The van der Waals surface area contributed by atoms with Gasteiger partial charge in [-0.05, 0) is 30.5 Å². The van der Waals surface area contributed by atoms with Gasteiger partial charge in [0, 0.05) is 20.7 Å². The number of halogens is 1. The fourth-order valence-corrected chi connectivity index (χ4v) is 3.45. The number of imidazole rings is 1. The minimum Gasteiger partial charge on any atom is -0.377 e. The Morgan fingerprint density at radius 3 is 2.74 bits per heavy atom. The van der Waals surface area contributed by atoms with Crippen molar-refractivity contribution in [1.82, 2.24) is 9.13 Å². The monoisotopic (exact) mass is 324 g/mol. The van der Waals surface area contributed by atoms with E-state index in [2.05, 4.69) is 28.1 Å². The summed E-state index contributed by atoms with van der Waals surface area (Å²) in [6.07, 6.45) is 2.44. The molecule has 2 heterocycles. The molecule has 2 unspecified atom stereocenters. The number of aromatic nitrogens is 2. The Morgan fingerprint density at radius 2 is 2.05 bits per heavy atom. The molecule has 5 heteroatoms. The Morgan fingerprint density at radius 1 is 1.32 bits per heavy atom. The van der Waals surface area contributed by atoms with Gasteiger partial charge in [0.25, 0.3) is 0 Å². The summed E-state index contributed by atoms with van der Waals surface area (Å²) in [7, 11) is 3.61. The zero-order chi connectivity index (χ0) is 13.6. The van der Waals surface area contributed by atoms with Gasteiger partial charge in [0.05, 0.1) is 22.0 Å². The maximum absolute atomic E-state index is 11.9. The summed E-state index contributed by atoms with van der Waals surface area (Å²) in [5.74, 6) is 0. The van der Waals surface area contributed by atoms with Gasteiger partial charge in [-0.2, -0.15) is 0 Å². The van der Waals surface area contributed by atoms with Crippen LogP contribution >= 0.6 is 15.9 Å². The van der Waals surface area contributed by atoms with Gasteiger partial charge in [-0.25, -0.2) is 4.79 Å². The van der Waals surface area contributed by atoms with Crippen molar-refractivity contribution in [3.63, 3.8) is 0 Å². The van der Waals surface area contributed by atoms with E-state index in [-0.39, 0.29) is 16.6 Å². The summed E-state index contributed by atoms with van der Waals surface area (Å²) in [4.78, 5) is 12.1. The molecule has 1 aliphatic rings. The molecule has 2 aromatic rings. The van der Waals surface area contributed by atoms with Crippen molar-refractivity contribution in [2.75, 3.05) is 6.61 Å². The fraction of sp³-hybridized carbons (Fsp3) is 0.500. The Hall–Kier alpha value is -1.07. The first-order valence-corrected chi connectivity index (χ1v) is 7.42. The van der Waals surface area contributed by atoms with Gasteiger partial charge in [-0.15, -0.1) is 0 Å². The second-order valence-electron chi connectivity index (χ2n) is 5.10. The number of nitrogens with zero attached hydrogens (tertiary/aromatic N) is 2. The third kappa shape index (κ3) is 2.05. The summed E-state index contributed by atoms with van der Waals surface area (Å²) in [6.45, 7) is 0.846. The van der Waals surface area contributed by atoms with Gasteiger partial charge < -0.3 is 4.74 Å². The summed E-state index contributed by atoms with van der Waals surface area (Å²) < 4.78 is 9.08. The van der Waals surface area contributed by atoms with Crippen LogP contribution in [0.25, 0.3) is 11.0 Å². The zero-order valence-corrected chi connectivity index (χ0v) is 12.7. The van der Waals surface area contributed by atoms with E-state index in [4.69, 9.17) is 4.74 Å². The van der Waals surface area contributed by atoms with Crippen molar-refractivity contribution in [2.45, 2.75) is 23.8 Å². The summed E-state index contributed by atoms with van der Waals surface area (Å²) in [6, 6.07) is 6.16. The van der Waals surface area contributed by atoms with Crippen LogP contribution in [0.5, 0.6) is 0 Å². The molecule has 102 valence electrons. The van der Waals surface area contributed by atoms with Gasteiger partial charge in [0.15, 0.2) is 0 Å². The van der Waals surface area contributed by atoms with Crippen LogP contribution in [0, 0.1) is 0 Å². The van der Waals surface area contributed by atoms with Gasteiger partial charge in [0.2, 0.25) is 0 Å². The molecule has 0 radical (unpaired) electrons. The molecule has 19 heavy (non-hydrogen) atoms. The third-order valence-electron chi connectivity index (χ3n) is 3.91. The van der Waals surface area contributed by atoms with E-state index in [1.54, 1.807) is 16.2 Å². The average molecular weight is 325 g/mol. The number of alkyl halides is 1.